The van der Waals surface area contributed by atoms with Crippen molar-refractivity contribution in [3.8, 4) is 0 Å². The lowest BCUT2D eigenvalue weighted by atomic mass is 9.82. The Kier molecular flexibility index (Phi) is 35.3. The first-order chi connectivity index (χ1) is 38.3. The van der Waals surface area contributed by atoms with Crippen LogP contribution in [0.25, 0.3) is 0 Å². The van der Waals surface area contributed by atoms with Crippen LogP contribution in [0.15, 0.2) is 10.8 Å². The molecule has 0 bridgehead atoms. The number of thiazole rings is 2. The van der Waals surface area contributed by atoms with E-state index in [0.717, 1.165) is 69.5 Å². The molecule has 2 fully saturated rings. The molecule has 1 N–H and O–H groups in total. The van der Waals surface area contributed by atoms with Crippen LogP contribution < -0.4 is 0 Å². The van der Waals surface area contributed by atoms with Crippen molar-refractivity contribution in [2.75, 3.05) is 47.8 Å². The SMILES string of the molecule is C.C.CCCC(=O)OCN(C(=O)[C@@H](CC(=O)C1CCCCN1C)[C@@H](C)CC)[C@H](C[C@@H](C)c1nc(C(=O)O)cs1)C(C)C.CCCC(=O)OCN(C(=O)[C@@H](CC(=O)C1CCCCN1C)[C@@H](C)CC)[C@H](C[C@@H](C)c1nc(C(=O)OC)cs1)C(C)C. The molecule has 20 heteroatoms. The monoisotopic (exact) mass is 1200 g/mol. The van der Waals surface area contributed by atoms with Crippen LogP contribution in [0.3, 0.4) is 0 Å². The summed E-state index contributed by atoms with van der Waals surface area (Å²) in [4.78, 5) is 120. The predicted octanol–water partition coefficient (Wildman–Crippen LogP) is 12.5. The number of amides is 2. The Labute approximate surface area is 506 Å². The van der Waals surface area contributed by atoms with Crippen molar-refractivity contribution in [3.63, 3.8) is 0 Å². The van der Waals surface area contributed by atoms with Crippen LogP contribution in [0.5, 0.6) is 0 Å². The van der Waals surface area contributed by atoms with Crippen LogP contribution in [0.4, 0.5) is 0 Å². The molecule has 474 valence electrons. The second-order valence-electron chi connectivity index (χ2n) is 23.6. The van der Waals surface area contributed by atoms with E-state index in [1.165, 1.54) is 35.2 Å². The minimum absolute atomic E-state index is 0. The van der Waals surface area contributed by atoms with Gasteiger partial charge in [-0.2, -0.15) is 0 Å². The van der Waals surface area contributed by atoms with Crippen molar-refractivity contribution in [3.05, 3.63) is 32.2 Å². The van der Waals surface area contributed by atoms with Gasteiger partial charge in [-0.25, -0.2) is 19.6 Å². The molecule has 2 saturated heterocycles. The Morgan fingerprint density at radius 3 is 1.30 bits per heavy atom. The first kappa shape index (κ1) is 76.4. The van der Waals surface area contributed by atoms with Gasteiger partial charge in [0.1, 0.15) is 0 Å². The first-order valence-corrected chi connectivity index (χ1v) is 31.7. The quantitative estimate of drug-likeness (QED) is 0.0408. The highest BCUT2D eigenvalue weighted by Gasteiger charge is 2.41. The van der Waals surface area contributed by atoms with E-state index in [0.29, 0.717) is 30.7 Å². The van der Waals surface area contributed by atoms with Gasteiger partial charge >= 0.3 is 23.9 Å². The zero-order chi connectivity index (χ0) is 60.7. The van der Waals surface area contributed by atoms with Gasteiger partial charge in [0.15, 0.2) is 36.4 Å². The van der Waals surface area contributed by atoms with Gasteiger partial charge < -0.3 is 29.1 Å². The third-order valence-electron chi connectivity index (χ3n) is 16.7. The number of esters is 3. The Hall–Kier alpha value is -4.66. The number of carboxylic acids is 1. The summed E-state index contributed by atoms with van der Waals surface area (Å²) in [7, 11) is 5.29. The maximum Gasteiger partial charge on any atom is 0.357 e. The summed E-state index contributed by atoms with van der Waals surface area (Å²) >= 11 is 2.68. The molecular weight excluding hydrogens is 1100 g/mol. The third kappa shape index (κ3) is 23.3. The van der Waals surface area contributed by atoms with Crippen molar-refractivity contribution in [1.29, 1.82) is 0 Å². The van der Waals surface area contributed by atoms with E-state index < -0.39 is 23.8 Å². The van der Waals surface area contributed by atoms with Crippen molar-refractivity contribution in [1.82, 2.24) is 29.6 Å². The zero-order valence-corrected chi connectivity index (χ0v) is 53.3. The van der Waals surface area contributed by atoms with Gasteiger partial charge in [0.05, 0.1) is 29.2 Å². The molecule has 0 aliphatic carbocycles. The minimum atomic E-state index is -1.07. The Balaban J connectivity index is 0.000000811. The summed E-state index contributed by atoms with van der Waals surface area (Å²) in [5.74, 6) is -3.53. The van der Waals surface area contributed by atoms with Crippen molar-refractivity contribution < 1.29 is 57.7 Å². The standard InChI is InChI=1S/C31H51N3O6S.C30H49N3O6S.2CH4/c1-9-13-28(36)40-19-34(26(20(3)4)16-22(6)29-32-24(18-41-29)31(38)39-8)30(37)23(21(5)10-2)17-27(35)25-14-11-12-15-33(25)7;1-8-12-27(35)39-18-33(25(19(3)4)15-21(6)28-31-23(17-40-28)30(37)38)29(36)22(20(5)9-2)16-26(34)24-13-10-11-14-32(24)7;;/h18,20-23,25-26H,9-17,19H2,1-8H3;17,19-22,24-25H,8-16,18H2,1-7H3,(H,37,38);2*1H4/t21-,22+,23-,25?,26+;20-,21+,22-,24?,25+;;/m00../s1. The molecule has 0 aromatic carbocycles. The predicted molar refractivity (Wildman–Crippen MR) is 330 cm³/mol. The highest BCUT2D eigenvalue weighted by atomic mass is 32.1. The third-order valence-corrected chi connectivity index (χ3v) is 18.8. The number of hydrogen-bond donors (Lipinski definition) is 1. The highest BCUT2D eigenvalue weighted by molar-refractivity contribution is 7.10. The molecule has 0 radical (unpaired) electrons. The molecule has 10 atom stereocenters. The second kappa shape index (κ2) is 38.4. The van der Waals surface area contributed by atoms with Gasteiger partial charge in [-0.1, -0.05) is 124 Å². The van der Waals surface area contributed by atoms with Crippen LogP contribution in [-0.4, -0.2) is 154 Å². The molecule has 18 nitrogen and oxygen atoms in total. The number of ether oxygens (including phenoxy) is 3. The number of piperidine rings is 2. The van der Waals surface area contributed by atoms with Gasteiger partial charge in [-0.3, -0.25) is 38.6 Å². The molecule has 2 aromatic heterocycles. The normalized spacial score (nSPS) is 18.5. The number of carbonyl (C=O) groups excluding carboxylic acids is 7. The van der Waals surface area contributed by atoms with Gasteiger partial charge in [-0.15, -0.1) is 22.7 Å². The molecular formula is C63H108N6O12S2. The largest absolute Gasteiger partial charge is 0.476 e. The van der Waals surface area contributed by atoms with Gasteiger partial charge in [-0.05, 0) is 102 Å². The van der Waals surface area contributed by atoms with E-state index in [4.69, 9.17) is 14.2 Å². The van der Waals surface area contributed by atoms with E-state index >= 15 is 0 Å². The van der Waals surface area contributed by atoms with Crippen LogP contribution >= 0.6 is 22.7 Å². The molecule has 83 heavy (non-hydrogen) atoms. The van der Waals surface area contributed by atoms with Crippen molar-refractivity contribution >= 4 is 69.9 Å². The lowest BCUT2D eigenvalue weighted by Gasteiger charge is -2.39. The van der Waals surface area contributed by atoms with Crippen molar-refractivity contribution in [2.24, 2.45) is 35.5 Å². The fourth-order valence-electron chi connectivity index (χ4n) is 11.0. The number of methoxy groups -OCH3 is 1. The number of aromatic nitrogens is 2. The van der Waals surface area contributed by atoms with Crippen molar-refractivity contribution in [2.45, 2.75) is 237 Å². The summed E-state index contributed by atoms with van der Waals surface area (Å²) in [6.07, 6.45) is 10.6. The molecule has 4 heterocycles. The summed E-state index contributed by atoms with van der Waals surface area (Å²) in [6, 6.07) is -0.892. The summed E-state index contributed by atoms with van der Waals surface area (Å²) in [5.41, 5.74) is 0.280. The molecule has 2 unspecified atom stereocenters. The fourth-order valence-corrected chi connectivity index (χ4v) is 12.7. The number of carboxylic acid groups (broad SMARTS) is 1. The average Bonchev–Trinajstić information content (AvgIpc) is 4.28. The molecule has 2 aromatic rings. The second-order valence-corrected chi connectivity index (χ2v) is 25.3. The number of ketones is 2. The number of likely N-dealkylation sites (tertiary alicyclic amines) is 2. The Morgan fingerprint density at radius 2 is 0.988 bits per heavy atom. The molecule has 0 spiro atoms. The Morgan fingerprint density at radius 1 is 0.614 bits per heavy atom. The van der Waals surface area contributed by atoms with E-state index in [-0.39, 0.29) is 160 Å². The topological polar surface area (TPSA) is 223 Å². The van der Waals surface area contributed by atoms with E-state index in [2.05, 4.69) is 19.8 Å². The first-order valence-electron chi connectivity index (χ1n) is 30.0. The van der Waals surface area contributed by atoms with E-state index in [1.54, 1.807) is 15.2 Å². The molecule has 0 saturated carbocycles. The van der Waals surface area contributed by atoms with E-state index in [1.807, 2.05) is 97.2 Å². The zero-order valence-electron chi connectivity index (χ0n) is 51.7. The minimum Gasteiger partial charge on any atom is -0.476 e. The average molecular weight is 1210 g/mol. The number of carbonyl (C=O) groups is 8. The fraction of sp³-hybridized carbons (Fsp3) is 0.778. The lowest BCUT2D eigenvalue weighted by Crippen LogP contribution is -2.50. The number of rotatable bonds is 32. The molecule has 2 amide bonds. The van der Waals surface area contributed by atoms with Crippen LogP contribution in [0, 0.1) is 35.5 Å². The molecule has 4 rings (SSSR count). The Bertz CT molecular complexity index is 2320. The van der Waals surface area contributed by atoms with Crippen LogP contribution in [-0.2, 0) is 43.0 Å². The smallest absolute Gasteiger partial charge is 0.357 e. The van der Waals surface area contributed by atoms with Crippen LogP contribution in [0.1, 0.15) is 243 Å². The van der Waals surface area contributed by atoms with E-state index in [9.17, 15) is 43.5 Å². The number of Topliss-reactive ketones (excluding diaryl/α,β-unsaturated/α-hetero) is 2. The summed E-state index contributed by atoms with van der Waals surface area (Å²) in [5, 5.41) is 14.0. The molecule has 2 aliphatic rings. The maximum atomic E-state index is 14.4. The summed E-state index contributed by atoms with van der Waals surface area (Å²) in [6.45, 7) is 25.5. The van der Waals surface area contributed by atoms with Gasteiger partial charge in [0, 0.05) is 72.2 Å². The highest BCUT2D eigenvalue weighted by Crippen LogP contribution is 2.35. The number of nitrogens with zero attached hydrogens (tertiary/aromatic N) is 6. The number of likely N-dealkylation sites (N-methyl/N-ethyl adjacent to an activating group) is 2. The lowest BCUT2D eigenvalue weighted by molar-refractivity contribution is -0.161. The van der Waals surface area contributed by atoms with Gasteiger partial charge in [0.25, 0.3) is 0 Å². The number of aromatic carboxylic acids is 1. The van der Waals surface area contributed by atoms with Crippen LogP contribution in [0.2, 0.25) is 0 Å². The molecule has 2 aliphatic heterocycles. The van der Waals surface area contributed by atoms with Gasteiger partial charge in [0.2, 0.25) is 11.8 Å². The summed E-state index contributed by atoms with van der Waals surface area (Å²) < 4.78 is 16.0. The maximum absolute atomic E-state index is 14.4. The number of hydrogen-bond acceptors (Lipinski definition) is 17.